The molecule has 0 saturated heterocycles. The molecular formula is C19H18N2O3S. The summed E-state index contributed by atoms with van der Waals surface area (Å²) in [6.45, 7) is 0. The Labute approximate surface area is 149 Å². The lowest BCUT2D eigenvalue weighted by atomic mass is 10.1. The maximum Gasteiger partial charge on any atom is 0.321 e. The third-order valence-corrected chi connectivity index (χ3v) is 4.96. The molecule has 0 aliphatic carbocycles. The number of pyridine rings is 1. The van der Waals surface area contributed by atoms with Crippen molar-refractivity contribution in [3.05, 3.63) is 54.6 Å². The van der Waals surface area contributed by atoms with Crippen molar-refractivity contribution < 1.29 is 14.6 Å². The van der Waals surface area contributed by atoms with E-state index in [0.717, 1.165) is 32.8 Å². The van der Waals surface area contributed by atoms with E-state index >= 15 is 0 Å². The van der Waals surface area contributed by atoms with Crippen LogP contribution in [0.5, 0.6) is 5.75 Å². The van der Waals surface area contributed by atoms with Crippen LogP contribution in [0.1, 0.15) is 0 Å². The molecule has 0 spiro atoms. The van der Waals surface area contributed by atoms with E-state index in [1.54, 1.807) is 7.11 Å². The molecule has 0 fully saturated rings. The molecule has 1 heterocycles. The highest BCUT2D eigenvalue weighted by molar-refractivity contribution is 7.99. The first kappa shape index (κ1) is 17.3. The van der Waals surface area contributed by atoms with Crippen molar-refractivity contribution in [3.8, 4) is 17.0 Å². The predicted molar refractivity (Wildman–Crippen MR) is 100 cm³/mol. The van der Waals surface area contributed by atoms with E-state index in [1.807, 2.05) is 54.6 Å². The van der Waals surface area contributed by atoms with E-state index in [0.29, 0.717) is 0 Å². The first-order valence-electron chi connectivity index (χ1n) is 7.74. The van der Waals surface area contributed by atoms with E-state index in [-0.39, 0.29) is 5.75 Å². The number of methoxy groups -OCH3 is 1. The summed E-state index contributed by atoms with van der Waals surface area (Å²) in [6.07, 6.45) is 0. The predicted octanol–water partition coefficient (Wildman–Crippen LogP) is 3.41. The van der Waals surface area contributed by atoms with Crippen LogP contribution in [0.2, 0.25) is 0 Å². The average Bonchev–Trinajstić information content (AvgIpc) is 2.65. The van der Waals surface area contributed by atoms with Crippen LogP contribution in [0, 0.1) is 0 Å². The second-order valence-electron chi connectivity index (χ2n) is 5.51. The molecule has 0 saturated carbocycles. The van der Waals surface area contributed by atoms with E-state index in [4.69, 9.17) is 20.6 Å². The van der Waals surface area contributed by atoms with Gasteiger partial charge in [-0.15, -0.1) is 11.8 Å². The van der Waals surface area contributed by atoms with E-state index in [2.05, 4.69) is 0 Å². The maximum absolute atomic E-state index is 11.0. The van der Waals surface area contributed by atoms with Crippen molar-refractivity contribution in [1.82, 2.24) is 4.98 Å². The van der Waals surface area contributed by atoms with E-state index in [1.165, 1.54) is 11.8 Å². The highest BCUT2D eigenvalue weighted by Gasteiger charge is 2.15. The number of rotatable bonds is 6. The lowest BCUT2D eigenvalue weighted by molar-refractivity contribution is -0.137. The van der Waals surface area contributed by atoms with Crippen molar-refractivity contribution in [3.63, 3.8) is 0 Å². The number of hydrogen-bond donors (Lipinski definition) is 2. The lowest BCUT2D eigenvalue weighted by Crippen LogP contribution is -2.32. The van der Waals surface area contributed by atoms with Gasteiger partial charge in [-0.05, 0) is 24.3 Å². The normalized spacial score (nSPS) is 12.1. The molecule has 5 nitrogen and oxygen atoms in total. The monoisotopic (exact) mass is 354 g/mol. The van der Waals surface area contributed by atoms with Crippen molar-refractivity contribution in [2.75, 3.05) is 12.9 Å². The Balaban J connectivity index is 2.07. The van der Waals surface area contributed by atoms with Crippen molar-refractivity contribution in [2.45, 2.75) is 10.9 Å². The number of nitrogens with two attached hydrogens (primary N) is 1. The summed E-state index contributed by atoms with van der Waals surface area (Å²) in [5.74, 6) is -0.00209. The Morgan fingerprint density at radius 1 is 1.24 bits per heavy atom. The Morgan fingerprint density at radius 3 is 2.68 bits per heavy atom. The van der Waals surface area contributed by atoms with Gasteiger partial charge in [0.25, 0.3) is 0 Å². The molecule has 3 rings (SSSR count). The molecule has 25 heavy (non-hydrogen) atoms. The molecule has 0 radical (unpaired) electrons. The molecule has 6 heteroatoms. The number of hydrogen-bond acceptors (Lipinski definition) is 5. The summed E-state index contributed by atoms with van der Waals surface area (Å²) in [7, 11) is 1.61. The fourth-order valence-electron chi connectivity index (χ4n) is 2.43. The van der Waals surface area contributed by atoms with Gasteiger partial charge in [-0.25, -0.2) is 4.98 Å². The number of carbonyl (C=O) groups is 1. The maximum atomic E-state index is 11.0. The van der Waals surface area contributed by atoms with Crippen LogP contribution < -0.4 is 10.5 Å². The molecule has 2 aromatic carbocycles. The molecule has 3 N–H and O–H groups in total. The topological polar surface area (TPSA) is 85.4 Å². The quantitative estimate of drug-likeness (QED) is 0.660. The Bertz CT molecular complexity index is 900. The number of fused-ring (bicyclic) bond motifs is 1. The molecule has 1 aromatic heterocycles. The molecule has 0 aliphatic heterocycles. The summed E-state index contributed by atoms with van der Waals surface area (Å²) in [4.78, 5) is 16.7. The van der Waals surface area contributed by atoms with Crippen LogP contribution in [0.15, 0.2) is 59.5 Å². The molecule has 3 aromatic rings. The minimum absolute atomic E-state index is 0.278. The summed E-state index contributed by atoms with van der Waals surface area (Å²) >= 11 is 1.41. The van der Waals surface area contributed by atoms with E-state index in [9.17, 15) is 4.79 Å². The molecule has 128 valence electrons. The Kier molecular flexibility index (Phi) is 5.21. The second kappa shape index (κ2) is 7.55. The van der Waals surface area contributed by atoms with Gasteiger partial charge in [0.2, 0.25) is 0 Å². The minimum atomic E-state index is -1.01. The highest BCUT2D eigenvalue weighted by Crippen LogP contribution is 2.33. The van der Waals surface area contributed by atoms with Gasteiger partial charge in [0.15, 0.2) is 0 Å². The van der Waals surface area contributed by atoms with Crippen LogP contribution >= 0.6 is 11.8 Å². The van der Waals surface area contributed by atoms with Crippen LogP contribution in [-0.2, 0) is 4.79 Å². The van der Waals surface area contributed by atoms with Crippen LogP contribution in [0.3, 0.4) is 0 Å². The van der Waals surface area contributed by atoms with Crippen molar-refractivity contribution in [2.24, 2.45) is 5.73 Å². The summed E-state index contributed by atoms with van der Waals surface area (Å²) in [5.41, 5.74) is 8.32. The minimum Gasteiger partial charge on any atom is -0.497 e. The summed E-state index contributed by atoms with van der Waals surface area (Å²) in [5, 5.41) is 9.94. The standard InChI is InChI=1S/C19H18N2O3S/c1-24-13-7-8-16-14(9-13)18(25-11-15(20)19(22)23)10-17(21-16)12-5-3-2-4-6-12/h2-10,15H,11,20H2,1H3,(H,22,23). The zero-order valence-electron chi connectivity index (χ0n) is 13.7. The molecule has 0 amide bonds. The number of aromatic nitrogens is 1. The number of carboxylic acids is 1. The summed E-state index contributed by atoms with van der Waals surface area (Å²) < 4.78 is 5.30. The Hall–Kier alpha value is -2.57. The summed E-state index contributed by atoms with van der Waals surface area (Å²) in [6, 6.07) is 16.6. The van der Waals surface area contributed by atoms with Gasteiger partial charge >= 0.3 is 5.97 Å². The number of ether oxygens (including phenoxy) is 1. The van der Waals surface area contributed by atoms with Gasteiger partial charge in [-0.2, -0.15) is 0 Å². The molecule has 1 unspecified atom stereocenters. The van der Waals surface area contributed by atoms with E-state index < -0.39 is 12.0 Å². The van der Waals surface area contributed by atoms with Crippen molar-refractivity contribution in [1.29, 1.82) is 0 Å². The van der Waals surface area contributed by atoms with Gasteiger partial charge in [-0.1, -0.05) is 30.3 Å². The van der Waals surface area contributed by atoms with Crippen LogP contribution in [0.25, 0.3) is 22.2 Å². The molecule has 1 atom stereocenters. The van der Waals surface area contributed by atoms with Crippen molar-refractivity contribution >= 4 is 28.6 Å². The van der Waals surface area contributed by atoms with Gasteiger partial charge in [0.1, 0.15) is 11.8 Å². The molecular weight excluding hydrogens is 336 g/mol. The fraction of sp³-hybridized carbons (Fsp3) is 0.158. The number of benzene rings is 2. The van der Waals surface area contributed by atoms with Gasteiger partial charge in [0, 0.05) is 21.6 Å². The number of thioether (sulfide) groups is 1. The van der Waals surface area contributed by atoms with Crippen LogP contribution in [0.4, 0.5) is 0 Å². The van der Waals surface area contributed by atoms with Crippen LogP contribution in [-0.4, -0.2) is 35.0 Å². The highest BCUT2D eigenvalue weighted by atomic mass is 32.2. The molecule has 0 aliphatic rings. The Morgan fingerprint density at radius 2 is 2.00 bits per heavy atom. The third kappa shape index (κ3) is 3.92. The first-order chi connectivity index (χ1) is 12.1. The lowest BCUT2D eigenvalue weighted by Gasteiger charge is -2.12. The van der Waals surface area contributed by atoms with Gasteiger partial charge < -0.3 is 15.6 Å². The van der Waals surface area contributed by atoms with Gasteiger partial charge in [-0.3, -0.25) is 4.79 Å². The number of nitrogens with zero attached hydrogens (tertiary/aromatic N) is 1. The SMILES string of the molecule is COc1ccc2nc(-c3ccccc3)cc(SCC(N)C(=O)O)c2c1. The zero-order chi connectivity index (χ0) is 17.8. The average molecular weight is 354 g/mol. The molecule has 0 bridgehead atoms. The largest absolute Gasteiger partial charge is 0.497 e. The first-order valence-corrected chi connectivity index (χ1v) is 8.72. The smallest absolute Gasteiger partial charge is 0.321 e. The fourth-order valence-corrected chi connectivity index (χ4v) is 3.44. The third-order valence-electron chi connectivity index (χ3n) is 3.78. The number of aliphatic carboxylic acids is 1. The van der Waals surface area contributed by atoms with Gasteiger partial charge in [0.05, 0.1) is 18.3 Å². The zero-order valence-corrected chi connectivity index (χ0v) is 14.5. The second-order valence-corrected chi connectivity index (χ2v) is 6.57. The number of carboxylic acid groups (broad SMARTS) is 1.